The number of carbonyl (C=O) groups excluding carboxylic acids is 1. The Kier molecular flexibility index (Phi) is 3.17. The lowest BCUT2D eigenvalue weighted by Gasteiger charge is -2.20. The molecule has 1 fully saturated rings. The second-order valence-corrected chi connectivity index (χ2v) is 6.68. The number of benzene rings is 1. The first-order valence-electron chi connectivity index (χ1n) is 6.76. The van der Waals surface area contributed by atoms with Crippen LogP contribution in [0.25, 0.3) is 10.1 Å². The highest BCUT2D eigenvalue weighted by molar-refractivity contribution is 7.21. The second kappa shape index (κ2) is 4.74. The van der Waals surface area contributed by atoms with E-state index in [1.54, 1.807) is 6.07 Å². The zero-order chi connectivity index (χ0) is 14.4. The molecule has 1 saturated heterocycles. The predicted molar refractivity (Wildman–Crippen MR) is 80.5 cm³/mol. The minimum atomic E-state index is -0.329. The van der Waals surface area contributed by atoms with Crippen molar-refractivity contribution >= 4 is 33.0 Å². The molecule has 0 aliphatic carbocycles. The summed E-state index contributed by atoms with van der Waals surface area (Å²) >= 11 is 1.35. The molecule has 1 aromatic heterocycles. The van der Waals surface area contributed by atoms with Crippen molar-refractivity contribution in [2.75, 3.05) is 12.3 Å². The number of halogens is 1. The molecule has 0 radical (unpaired) electrons. The molecule has 1 aliphatic heterocycles. The molecule has 106 valence electrons. The van der Waals surface area contributed by atoms with Gasteiger partial charge in [0.15, 0.2) is 0 Å². The molecule has 2 unspecified atom stereocenters. The van der Waals surface area contributed by atoms with Crippen LogP contribution < -0.4 is 5.73 Å². The van der Waals surface area contributed by atoms with Gasteiger partial charge in [-0.2, -0.15) is 0 Å². The van der Waals surface area contributed by atoms with E-state index in [1.807, 2.05) is 4.90 Å². The predicted octanol–water partition coefficient (Wildman–Crippen LogP) is 3.49. The lowest BCUT2D eigenvalue weighted by molar-refractivity contribution is 0.0749. The average molecular weight is 292 g/mol. The monoisotopic (exact) mass is 292 g/mol. The number of amides is 1. The van der Waals surface area contributed by atoms with Crippen LogP contribution in [-0.4, -0.2) is 23.4 Å². The third-order valence-electron chi connectivity index (χ3n) is 3.93. The number of thiophene rings is 1. The zero-order valence-corrected chi connectivity index (χ0v) is 12.3. The molecule has 3 rings (SSSR count). The number of anilines is 1. The largest absolute Gasteiger partial charge is 0.397 e. The summed E-state index contributed by atoms with van der Waals surface area (Å²) in [5.74, 6) is 0.159. The maximum Gasteiger partial charge on any atom is 0.266 e. The zero-order valence-electron chi connectivity index (χ0n) is 11.5. The molecule has 2 N–H and O–H groups in total. The van der Waals surface area contributed by atoms with Gasteiger partial charge in [0, 0.05) is 22.7 Å². The normalized spacial score (nSPS) is 22.6. The van der Waals surface area contributed by atoms with Gasteiger partial charge in [-0.15, -0.1) is 11.3 Å². The highest BCUT2D eigenvalue weighted by Crippen LogP contribution is 2.36. The highest BCUT2D eigenvalue weighted by atomic mass is 32.1. The lowest BCUT2D eigenvalue weighted by atomic mass is 10.1. The van der Waals surface area contributed by atoms with Gasteiger partial charge in [0.25, 0.3) is 5.91 Å². The molecule has 0 saturated carbocycles. The summed E-state index contributed by atoms with van der Waals surface area (Å²) in [5.41, 5.74) is 6.46. The summed E-state index contributed by atoms with van der Waals surface area (Å²) in [6.07, 6.45) is 1.02. The minimum absolute atomic E-state index is 0.0269. The van der Waals surface area contributed by atoms with Gasteiger partial charge in [0.1, 0.15) is 10.7 Å². The minimum Gasteiger partial charge on any atom is -0.397 e. The van der Waals surface area contributed by atoms with Crippen LogP contribution in [0.3, 0.4) is 0 Å². The number of nitrogen functional groups attached to an aromatic ring is 1. The fourth-order valence-corrected chi connectivity index (χ4v) is 4.02. The topological polar surface area (TPSA) is 46.3 Å². The number of carbonyl (C=O) groups is 1. The maximum atomic E-state index is 13.3. The van der Waals surface area contributed by atoms with E-state index in [4.69, 9.17) is 5.73 Å². The third kappa shape index (κ3) is 2.06. The Hall–Kier alpha value is -1.62. The number of hydrogen-bond acceptors (Lipinski definition) is 3. The Labute approximate surface area is 121 Å². The molecular weight excluding hydrogens is 275 g/mol. The van der Waals surface area contributed by atoms with E-state index in [9.17, 15) is 9.18 Å². The van der Waals surface area contributed by atoms with E-state index < -0.39 is 0 Å². The van der Waals surface area contributed by atoms with E-state index in [-0.39, 0.29) is 17.8 Å². The van der Waals surface area contributed by atoms with Gasteiger partial charge in [-0.25, -0.2) is 4.39 Å². The molecule has 5 heteroatoms. The van der Waals surface area contributed by atoms with Crippen LogP contribution in [0.15, 0.2) is 18.2 Å². The Bertz CT molecular complexity index is 682. The van der Waals surface area contributed by atoms with Crippen molar-refractivity contribution in [3.05, 3.63) is 28.9 Å². The lowest BCUT2D eigenvalue weighted by Crippen LogP contribution is -2.33. The molecule has 2 heterocycles. The van der Waals surface area contributed by atoms with Crippen LogP contribution in [0.4, 0.5) is 10.1 Å². The van der Waals surface area contributed by atoms with Crippen molar-refractivity contribution in [1.82, 2.24) is 4.90 Å². The standard InChI is InChI=1S/C15H17FN2OS/c1-8-5-9(2)18(7-8)15(19)14-13(17)11-6-10(16)3-4-12(11)20-14/h3-4,6,8-9H,5,7,17H2,1-2H3. The molecule has 0 bridgehead atoms. The molecular formula is C15H17FN2OS. The van der Waals surface area contributed by atoms with Crippen LogP contribution in [0.1, 0.15) is 29.9 Å². The number of nitrogens with two attached hydrogens (primary N) is 1. The van der Waals surface area contributed by atoms with Crippen molar-refractivity contribution in [3.8, 4) is 0 Å². The first-order valence-corrected chi connectivity index (χ1v) is 7.57. The molecule has 1 amide bonds. The van der Waals surface area contributed by atoms with E-state index in [1.165, 1.54) is 23.5 Å². The smallest absolute Gasteiger partial charge is 0.266 e. The number of rotatable bonds is 1. The van der Waals surface area contributed by atoms with Gasteiger partial charge >= 0.3 is 0 Å². The number of nitrogens with zero attached hydrogens (tertiary/aromatic N) is 1. The van der Waals surface area contributed by atoms with Gasteiger partial charge in [0.2, 0.25) is 0 Å². The van der Waals surface area contributed by atoms with Crippen LogP contribution in [0, 0.1) is 11.7 Å². The molecule has 2 atom stereocenters. The van der Waals surface area contributed by atoms with Gasteiger partial charge in [-0.3, -0.25) is 4.79 Å². The number of fused-ring (bicyclic) bond motifs is 1. The Morgan fingerprint density at radius 3 is 2.85 bits per heavy atom. The van der Waals surface area contributed by atoms with E-state index in [0.717, 1.165) is 17.7 Å². The fraction of sp³-hybridized carbons (Fsp3) is 0.400. The van der Waals surface area contributed by atoms with Crippen LogP contribution in [0.5, 0.6) is 0 Å². The quantitative estimate of drug-likeness (QED) is 0.874. The fourth-order valence-electron chi connectivity index (χ4n) is 2.96. The van der Waals surface area contributed by atoms with Crippen molar-refractivity contribution in [2.24, 2.45) is 5.92 Å². The molecule has 3 nitrogen and oxygen atoms in total. The van der Waals surface area contributed by atoms with Crippen molar-refractivity contribution in [3.63, 3.8) is 0 Å². The Balaban J connectivity index is 2.02. The first kappa shape index (κ1) is 13.4. The summed E-state index contributed by atoms with van der Waals surface area (Å²) in [6.45, 7) is 4.97. The van der Waals surface area contributed by atoms with Crippen molar-refractivity contribution < 1.29 is 9.18 Å². The maximum absolute atomic E-state index is 13.3. The molecule has 2 aromatic rings. The SMILES string of the molecule is CC1CC(C)N(C(=O)c2sc3ccc(F)cc3c2N)C1. The van der Waals surface area contributed by atoms with E-state index in [2.05, 4.69) is 13.8 Å². The van der Waals surface area contributed by atoms with Crippen LogP contribution in [-0.2, 0) is 0 Å². The van der Waals surface area contributed by atoms with E-state index in [0.29, 0.717) is 21.9 Å². The van der Waals surface area contributed by atoms with Crippen LogP contribution >= 0.6 is 11.3 Å². The van der Waals surface area contributed by atoms with Crippen LogP contribution in [0.2, 0.25) is 0 Å². The van der Waals surface area contributed by atoms with Crippen molar-refractivity contribution in [2.45, 2.75) is 26.3 Å². The van der Waals surface area contributed by atoms with Gasteiger partial charge in [-0.1, -0.05) is 6.92 Å². The van der Waals surface area contributed by atoms with Gasteiger partial charge < -0.3 is 10.6 Å². The summed E-state index contributed by atoms with van der Waals surface area (Å²) in [5, 5.41) is 0.637. The van der Waals surface area contributed by atoms with E-state index >= 15 is 0 Å². The summed E-state index contributed by atoms with van der Waals surface area (Å²) in [6, 6.07) is 4.71. The Morgan fingerprint density at radius 2 is 2.20 bits per heavy atom. The average Bonchev–Trinajstić information content (AvgIpc) is 2.90. The molecule has 1 aromatic carbocycles. The summed E-state index contributed by atoms with van der Waals surface area (Å²) in [4.78, 5) is 15.1. The highest BCUT2D eigenvalue weighted by Gasteiger charge is 2.32. The molecule has 20 heavy (non-hydrogen) atoms. The summed E-state index contributed by atoms with van der Waals surface area (Å²) < 4.78 is 14.1. The molecule has 1 aliphatic rings. The number of likely N-dealkylation sites (tertiary alicyclic amines) is 1. The second-order valence-electron chi connectivity index (χ2n) is 5.63. The first-order chi connectivity index (χ1) is 9.47. The van der Waals surface area contributed by atoms with Gasteiger partial charge in [-0.05, 0) is 37.5 Å². The third-order valence-corrected chi connectivity index (χ3v) is 5.10. The summed E-state index contributed by atoms with van der Waals surface area (Å²) in [7, 11) is 0. The van der Waals surface area contributed by atoms with Gasteiger partial charge in [0.05, 0.1) is 5.69 Å². The van der Waals surface area contributed by atoms with Crippen molar-refractivity contribution in [1.29, 1.82) is 0 Å². The number of hydrogen-bond donors (Lipinski definition) is 1. The molecule has 0 spiro atoms. The Morgan fingerprint density at radius 1 is 1.45 bits per heavy atom.